The van der Waals surface area contributed by atoms with Crippen LogP contribution in [0.25, 0.3) is 0 Å². The summed E-state index contributed by atoms with van der Waals surface area (Å²) < 4.78 is 4.61. The lowest BCUT2D eigenvalue weighted by molar-refractivity contribution is -0.146. The highest BCUT2D eigenvalue weighted by molar-refractivity contribution is 5.75. The summed E-state index contributed by atoms with van der Waals surface area (Å²) in [6.45, 7) is 0.619. The quantitative estimate of drug-likeness (QED) is 0.757. The first-order valence-corrected chi connectivity index (χ1v) is 5.22. The maximum atomic E-state index is 11.3. The number of rotatable bonds is 3. The van der Waals surface area contributed by atoms with E-state index in [0.29, 0.717) is 6.54 Å². The van der Waals surface area contributed by atoms with Gasteiger partial charge in [-0.2, -0.15) is 0 Å². The van der Waals surface area contributed by atoms with Gasteiger partial charge in [0, 0.05) is 6.54 Å². The standard InChI is InChI=1S/C10H15NO4/c1-15-10(14)11-5-4-7(11)8(9(12)13)6-2-3-6/h6-8H,2-5H2,1H3,(H,12,13). The first-order valence-electron chi connectivity index (χ1n) is 5.22. The highest BCUT2D eigenvalue weighted by Gasteiger charge is 2.48. The van der Waals surface area contributed by atoms with Crippen molar-refractivity contribution in [2.45, 2.75) is 25.3 Å². The van der Waals surface area contributed by atoms with Crippen LogP contribution in [0.5, 0.6) is 0 Å². The van der Waals surface area contributed by atoms with Gasteiger partial charge >= 0.3 is 12.1 Å². The monoisotopic (exact) mass is 213 g/mol. The lowest BCUT2D eigenvalue weighted by Crippen LogP contribution is -2.56. The molecule has 0 aromatic carbocycles. The molecular weight excluding hydrogens is 198 g/mol. The van der Waals surface area contributed by atoms with Crippen LogP contribution < -0.4 is 0 Å². The number of nitrogens with zero attached hydrogens (tertiary/aromatic N) is 1. The maximum absolute atomic E-state index is 11.3. The predicted molar refractivity (Wildman–Crippen MR) is 51.4 cm³/mol. The molecule has 84 valence electrons. The van der Waals surface area contributed by atoms with Crippen molar-refractivity contribution in [2.75, 3.05) is 13.7 Å². The van der Waals surface area contributed by atoms with Crippen LogP contribution in [0.3, 0.4) is 0 Å². The number of hydrogen-bond acceptors (Lipinski definition) is 3. The van der Waals surface area contributed by atoms with Crippen LogP contribution in [0.2, 0.25) is 0 Å². The van der Waals surface area contributed by atoms with E-state index in [0.717, 1.165) is 19.3 Å². The molecule has 1 saturated carbocycles. The molecule has 0 bridgehead atoms. The van der Waals surface area contributed by atoms with Crippen molar-refractivity contribution in [2.24, 2.45) is 11.8 Å². The average molecular weight is 213 g/mol. The van der Waals surface area contributed by atoms with E-state index in [1.54, 1.807) is 0 Å². The van der Waals surface area contributed by atoms with Crippen LogP contribution in [0.4, 0.5) is 4.79 Å². The summed E-state index contributed by atoms with van der Waals surface area (Å²) in [6, 6.07) is -0.151. The minimum atomic E-state index is -0.781. The SMILES string of the molecule is COC(=O)N1CCC1C(C(=O)O)C1CC1. The van der Waals surface area contributed by atoms with Gasteiger partial charge in [0.1, 0.15) is 0 Å². The number of hydrogen-bond donors (Lipinski definition) is 1. The van der Waals surface area contributed by atoms with Gasteiger partial charge in [-0.25, -0.2) is 4.79 Å². The number of likely N-dealkylation sites (tertiary alicyclic amines) is 1. The fourth-order valence-electron chi connectivity index (χ4n) is 2.26. The van der Waals surface area contributed by atoms with Gasteiger partial charge in [0.2, 0.25) is 0 Å². The second-order valence-corrected chi connectivity index (χ2v) is 4.22. The molecule has 1 aliphatic heterocycles. The Hall–Kier alpha value is -1.26. The normalized spacial score (nSPS) is 26.7. The molecule has 1 heterocycles. The topological polar surface area (TPSA) is 66.8 Å². The van der Waals surface area contributed by atoms with Gasteiger partial charge in [0.15, 0.2) is 0 Å². The lowest BCUT2D eigenvalue weighted by Gasteiger charge is -2.42. The van der Waals surface area contributed by atoms with Crippen LogP contribution in [0, 0.1) is 11.8 Å². The van der Waals surface area contributed by atoms with E-state index in [-0.39, 0.29) is 12.0 Å². The van der Waals surface area contributed by atoms with E-state index in [4.69, 9.17) is 5.11 Å². The zero-order valence-electron chi connectivity index (χ0n) is 8.68. The summed E-state index contributed by atoms with van der Waals surface area (Å²) in [7, 11) is 1.32. The fourth-order valence-corrected chi connectivity index (χ4v) is 2.26. The van der Waals surface area contributed by atoms with E-state index < -0.39 is 18.0 Å². The number of carbonyl (C=O) groups excluding carboxylic acids is 1. The second-order valence-electron chi connectivity index (χ2n) is 4.22. The molecule has 2 unspecified atom stereocenters. The molecule has 0 radical (unpaired) electrons. The highest BCUT2D eigenvalue weighted by atomic mass is 16.5. The summed E-state index contributed by atoms with van der Waals surface area (Å²) in [5, 5.41) is 9.11. The Morgan fingerprint density at radius 3 is 2.40 bits per heavy atom. The molecule has 2 atom stereocenters. The summed E-state index contributed by atoms with van der Waals surface area (Å²) in [5.74, 6) is -0.908. The van der Waals surface area contributed by atoms with Crippen molar-refractivity contribution in [1.82, 2.24) is 4.90 Å². The van der Waals surface area contributed by atoms with Crippen molar-refractivity contribution in [3.05, 3.63) is 0 Å². The summed E-state index contributed by atoms with van der Waals surface area (Å²) in [6.07, 6.45) is 2.33. The zero-order chi connectivity index (χ0) is 11.0. The minimum absolute atomic E-state index is 0.151. The smallest absolute Gasteiger partial charge is 0.409 e. The Morgan fingerprint density at radius 2 is 2.07 bits per heavy atom. The van der Waals surface area contributed by atoms with Crippen molar-refractivity contribution < 1.29 is 19.4 Å². The summed E-state index contributed by atoms with van der Waals surface area (Å²) in [5.41, 5.74) is 0. The van der Waals surface area contributed by atoms with Crippen LogP contribution in [0.1, 0.15) is 19.3 Å². The van der Waals surface area contributed by atoms with Crippen molar-refractivity contribution in [3.63, 3.8) is 0 Å². The van der Waals surface area contributed by atoms with Crippen molar-refractivity contribution >= 4 is 12.1 Å². The molecule has 1 N–H and O–H groups in total. The van der Waals surface area contributed by atoms with E-state index in [9.17, 15) is 9.59 Å². The highest BCUT2D eigenvalue weighted by Crippen LogP contribution is 2.43. The number of aliphatic carboxylic acids is 1. The maximum Gasteiger partial charge on any atom is 0.409 e. The van der Waals surface area contributed by atoms with Gasteiger partial charge < -0.3 is 14.7 Å². The summed E-state index contributed by atoms with van der Waals surface area (Å²) >= 11 is 0. The van der Waals surface area contributed by atoms with Gasteiger partial charge in [-0.15, -0.1) is 0 Å². The Bertz CT molecular complexity index is 287. The number of ether oxygens (including phenoxy) is 1. The molecule has 0 spiro atoms. The van der Waals surface area contributed by atoms with E-state index in [1.807, 2.05) is 0 Å². The Balaban J connectivity index is 2.02. The molecule has 1 amide bonds. The fraction of sp³-hybridized carbons (Fsp3) is 0.800. The Morgan fingerprint density at radius 1 is 1.40 bits per heavy atom. The van der Waals surface area contributed by atoms with Gasteiger partial charge in [-0.05, 0) is 25.2 Å². The Labute approximate surface area is 88.0 Å². The molecule has 2 fully saturated rings. The third kappa shape index (κ3) is 1.78. The molecule has 2 rings (SSSR count). The molecule has 15 heavy (non-hydrogen) atoms. The van der Waals surface area contributed by atoms with Crippen LogP contribution >= 0.6 is 0 Å². The minimum Gasteiger partial charge on any atom is -0.481 e. The number of carboxylic acids is 1. The van der Waals surface area contributed by atoms with Gasteiger partial charge in [0.05, 0.1) is 19.1 Å². The van der Waals surface area contributed by atoms with Crippen LogP contribution in [-0.4, -0.2) is 41.8 Å². The van der Waals surface area contributed by atoms with E-state index in [2.05, 4.69) is 4.74 Å². The summed E-state index contributed by atoms with van der Waals surface area (Å²) in [4.78, 5) is 23.9. The molecule has 2 aliphatic rings. The number of carbonyl (C=O) groups is 2. The molecule has 0 aromatic heterocycles. The molecule has 5 nitrogen and oxygen atoms in total. The molecule has 1 saturated heterocycles. The van der Waals surface area contributed by atoms with Crippen molar-refractivity contribution in [3.8, 4) is 0 Å². The van der Waals surface area contributed by atoms with Gasteiger partial charge in [-0.1, -0.05) is 0 Å². The molecule has 0 aromatic rings. The first kappa shape index (κ1) is 10.3. The van der Waals surface area contributed by atoms with Gasteiger partial charge in [-0.3, -0.25) is 4.79 Å². The van der Waals surface area contributed by atoms with E-state index in [1.165, 1.54) is 12.0 Å². The van der Waals surface area contributed by atoms with E-state index >= 15 is 0 Å². The number of amides is 1. The predicted octanol–water partition coefficient (Wildman–Crippen LogP) is 0.938. The zero-order valence-corrected chi connectivity index (χ0v) is 8.68. The van der Waals surface area contributed by atoms with Crippen LogP contribution in [-0.2, 0) is 9.53 Å². The number of carboxylic acid groups (broad SMARTS) is 1. The van der Waals surface area contributed by atoms with Crippen molar-refractivity contribution in [1.29, 1.82) is 0 Å². The second kappa shape index (κ2) is 3.72. The third-order valence-electron chi connectivity index (χ3n) is 3.30. The lowest BCUT2D eigenvalue weighted by atomic mass is 9.86. The average Bonchev–Trinajstić information content (AvgIpc) is 2.94. The number of methoxy groups -OCH3 is 1. The molecule has 1 aliphatic carbocycles. The molecular formula is C10H15NO4. The molecule has 5 heteroatoms. The largest absolute Gasteiger partial charge is 0.481 e. The van der Waals surface area contributed by atoms with Gasteiger partial charge in [0.25, 0.3) is 0 Å². The first-order chi connectivity index (χ1) is 7.15. The van der Waals surface area contributed by atoms with Crippen LogP contribution in [0.15, 0.2) is 0 Å². The third-order valence-corrected chi connectivity index (χ3v) is 3.30. The Kier molecular flexibility index (Phi) is 2.54.